The fourth-order valence-corrected chi connectivity index (χ4v) is 2.07. The summed E-state index contributed by atoms with van der Waals surface area (Å²) in [6, 6.07) is 0. The summed E-state index contributed by atoms with van der Waals surface area (Å²) in [4.78, 5) is 4.78. The average Bonchev–Trinajstić information content (AvgIpc) is 2.15. The fourth-order valence-electron chi connectivity index (χ4n) is 1.82. The van der Waals surface area contributed by atoms with Crippen molar-refractivity contribution in [1.82, 2.24) is 9.80 Å². The molecule has 1 rings (SSSR count). The minimum Gasteiger partial charge on any atom is -0.308 e. The smallest absolute Gasteiger partial charge is 0.0263 e. The number of rotatable bonds is 4. The topological polar surface area (TPSA) is 6.48 Å². The van der Waals surface area contributed by atoms with Gasteiger partial charge in [0.1, 0.15) is 0 Å². The summed E-state index contributed by atoms with van der Waals surface area (Å²) in [5, 5.41) is 0. The Hall–Kier alpha value is 0.210. The number of hydrogen-bond acceptors (Lipinski definition) is 2. The molecular weight excluding hydrogens is 184 g/mol. The molecule has 78 valence electrons. The molecule has 3 heteroatoms. The Labute approximate surface area is 86.8 Å². The molecule has 1 heterocycles. The van der Waals surface area contributed by atoms with Crippen LogP contribution in [0.4, 0.5) is 0 Å². The zero-order valence-corrected chi connectivity index (χ0v) is 9.56. The number of likely N-dealkylation sites (N-methyl/N-ethyl adjacent to an activating group) is 1. The Balaban J connectivity index is 2.18. The van der Waals surface area contributed by atoms with E-state index in [1.54, 1.807) is 0 Å². The van der Waals surface area contributed by atoms with E-state index in [4.69, 9.17) is 11.6 Å². The van der Waals surface area contributed by atoms with Gasteiger partial charge in [0.2, 0.25) is 0 Å². The predicted octanol–water partition coefficient (Wildman–Crippen LogP) is 1.50. The first-order chi connectivity index (χ1) is 6.22. The molecule has 1 fully saturated rings. The van der Waals surface area contributed by atoms with Crippen molar-refractivity contribution in [3.05, 3.63) is 0 Å². The minimum atomic E-state index is 0.734. The van der Waals surface area contributed by atoms with E-state index in [0.29, 0.717) is 0 Å². The molecular formula is C10H21ClN2. The van der Waals surface area contributed by atoms with Gasteiger partial charge in [-0.1, -0.05) is 0 Å². The van der Waals surface area contributed by atoms with Gasteiger partial charge in [-0.3, -0.25) is 0 Å². The van der Waals surface area contributed by atoms with Crippen LogP contribution in [-0.4, -0.2) is 56.0 Å². The van der Waals surface area contributed by atoms with E-state index >= 15 is 0 Å². The molecule has 1 atom stereocenters. The molecule has 0 radical (unpaired) electrons. The molecule has 13 heavy (non-hydrogen) atoms. The Morgan fingerprint density at radius 3 is 2.85 bits per heavy atom. The number of likely N-dealkylation sites (tertiary alicyclic amines) is 1. The zero-order valence-electron chi connectivity index (χ0n) is 8.80. The molecule has 1 aliphatic heterocycles. The van der Waals surface area contributed by atoms with Gasteiger partial charge in [-0.15, -0.1) is 11.6 Å². The van der Waals surface area contributed by atoms with Crippen LogP contribution < -0.4 is 0 Å². The van der Waals surface area contributed by atoms with Crippen molar-refractivity contribution in [2.75, 3.05) is 46.2 Å². The fraction of sp³-hybridized carbons (Fsp3) is 1.00. The van der Waals surface area contributed by atoms with Gasteiger partial charge in [0.25, 0.3) is 0 Å². The van der Waals surface area contributed by atoms with Gasteiger partial charge >= 0.3 is 0 Å². The van der Waals surface area contributed by atoms with Crippen molar-refractivity contribution in [3.63, 3.8) is 0 Å². The second-order valence-electron chi connectivity index (χ2n) is 4.27. The van der Waals surface area contributed by atoms with Crippen molar-refractivity contribution in [2.24, 2.45) is 5.92 Å². The summed E-state index contributed by atoms with van der Waals surface area (Å²) in [7, 11) is 4.26. The van der Waals surface area contributed by atoms with Gasteiger partial charge in [0, 0.05) is 25.5 Å². The van der Waals surface area contributed by atoms with Gasteiger partial charge in [-0.05, 0) is 39.4 Å². The Morgan fingerprint density at radius 1 is 1.46 bits per heavy atom. The van der Waals surface area contributed by atoms with Gasteiger partial charge in [-0.25, -0.2) is 0 Å². The number of halogens is 1. The molecule has 1 aliphatic rings. The highest BCUT2D eigenvalue weighted by Crippen LogP contribution is 2.16. The van der Waals surface area contributed by atoms with Crippen LogP contribution in [0, 0.1) is 5.92 Å². The standard InChI is InChI=1S/C10H21ClN2/c1-12(2)6-7-13-5-3-4-10(8-11)9-13/h10H,3-9H2,1-2H3. The molecule has 2 nitrogen and oxygen atoms in total. The molecule has 0 N–H and O–H groups in total. The second kappa shape index (κ2) is 5.84. The second-order valence-corrected chi connectivity index (χ2v) is 4.58. The first kappa shape index (κ1) is 11.3. The molecule has 0 bridgehead atoms. The van der Waals surface area contributed by atoms with Crippen LogP contribution in [0.15, 0.2) is 0 Å². The van der Waals surface area contributed by atoms with Crippen LogP contribution in [0.3, 0.4) is 0 Å². The van der Waals surface area contributed by atoms with E-state index in [1.165, 1.54) is 32.5 Å². The van der Waals surface area contributed by atoms with Gasteiger partial charge in [-0.2, -0.15) is 0 Å². The molecule has 1 saturated heterocycles. The summed E-state index contributed by atoms with van der Waals surface area (Å²) in [6.45, 7) is 4.83. The lowest BCUT2D eigenvalue weighted by Crippen LogP contribution is -2.39. The number of piperidine rings is 1. The number of nitrogens with zero attached hydrogens (tertiary/aromatic N) is 2. The highest BCUT2D eigenvalue weighted by atomic mass is 35.5. The van der Waals surface area contributed by atoms with Crippen LogP contribution >= 0.6 is 11.6 Å². The van der Waals surface area contributed by atoms with Crippen LogP contribution in [0.25, 0.3) is 0 Å². The zero-order chi connectivity index (χ0) is 9.68. The van der Waals surface area contributed by atoms with E-state index in [9.17, 15) is 0 Å². The van der Waals surface area contributed by atoms with E-state index in [0.717, 1.165) is 18.3 Å². The molecule has 0 spiro atoms. The molecule has 1 unspecified atom stereocenters. The summed E-state index contributed by atoms with van der Waals surface area (Å²) in [5.74, 6) is 1.57. The van der Waals surface area contributed by atoms with Crippen molar-refractivity contribution >= 4 is 11.6 Å². The van der Waals surface area contributed by atoms with E-state index in [1.807, 2.05) is 0 Å². The van der Waals surface area contributed by atoms with Crippen LogP contribution in [-0.2, 0) is 0 Å². The van der Waals surface area contributed by atoms with Crippen molar-refractivity contribution in [3.8, 4) is 0 Å². The van der Waals surface area contributed by atoms with Crippen LogP contribution in [0.2, 0.25) is 0 Å². The third-order valence-corrected chi connectivity index (χ3v) is 3.12. The molecule has 0 aromatic heterocycles. The predicted molar refractivity (Wildman–Crippen MR) is 58.4 cm³/mol. The van der Waals surface area contributed by atoms with Gasteiger partial charge < -0.3 is 9.80 Å². The quantitative estimate of drug-likeness (QED) is 0.641. The molecule has 0 aromatic rings. The maximum Gasteiger partial charge on any atom is 0.0263 e. The average molecular weight is 205 g/mol. The van der Waals surface area contributed by atoms with Crippen molar-refractivity contribution < 1.29 is 0 Å². The SMILES string of the molecule is CN(C)CCN1CCCC(CCl)C1. The molecule has 0 aliphatic carbocycles. The first-order valence-electron chi connectivity index (χ1n) is 5.15. The number of alkyl halides is 1. The maximum atomic E-state index is 5.87. The highest BCUT2D eigenvalue weighted by molar-refractivity contribution is 6.18. The summed E-state index contributed by atoms with van der Waals surface area (Å²) >= 11 is 5.87. The normalized spacial score (nSPS) is 25.4. The largest absolute Gasteiger partial charge is 0.308 e. The monoisotopic (exact) mass is 204 g/mol. The number of hydrogen-bond donors (Lipinski definition) is 0. The van der Waals surface area contributed by atoms with Gasteiger partial charge in [0.05, 0.1) is 0 Å². The lowest BCUT2D eigenvalue weighted by Gasteiger charge is -2.32. The van der Waals surface area contributed by atoms with E-state index in [-0.39, 0.29) is 0 Å². The Kier molecular flexibility index (Phi) is 5.07. The maximum absolute atomic E-state index is 5.87. The van der Waals surface area contributed by atoms with Crippen LogP contribution in [0.1, 0.15) is 12.8 Å². The highest BCUT2D eigenvalue weighted by Gasteiger charge is 2.18. The van der Waals surface area contributed by atoms with E-state index < -0.39 is 0 Å². The third-order valence-electron chi connectivity index (χ3n) is 2.68. The van der Waals surface area contributed by atoms with E-state index in [2.05, 4.69) is 23.9 Å². The Morgan fingerprint density at radius 2 is 2.23 bits per heavy atom. The first-order valence-corrected chi connectivity index (χ1v) is 5.69. The minimum absolute atomic E-state index is 0.734. The van der Waals surface area contributed by atoms with Crippen molar-refractivity contribution in [1.29, 1.82) is 0 Å². The Bertz CT molecular complexity index is 139. The lowest BCUT2D eigenvalue weighted by atomic mass is 10.0. The molecule has 0 amide bonds. The third kappa shape index (κ3) is 4.30. The summed E-state index contributed by atoms with van der Waals surface area (Å²) in [6.07, 6.45) is 2.65. The van der Waals surface area contributed by atoms with Gasteiger partial charge in [0.15, 0.2) is 0 Å². The lowest BCUT2D eigenvalue weighted by molar-refractivity contribution is 0.171. The van der Waals surface area contributed by atoms with Crippen LogP contribution in [0.5, 0.6) is 0 Å². The van der Waals surface area contributed by atoms with Crippen molar-refractivity contribution in [2.45, 2.75) is 12.8 Å². The summed E-state index contributed by atoms with van der Waals surface area (Å²) in [5.41, 5.74) is 0. The summed E-state index contributed by atoms with van der Waals surface area (Å²) < 4.78 is 0. The molecule has 0 aromatic carbocycles. The molecule has 0 saturated carbocycles.